The van der Waals surface area contributed by atoms with Crippen molar-refractivity contribution in [2.24, 2.45) is 0 Å². The number of rotatable bonds is 6. The highest BCUT2D eigenvalue weighted by atomic mass is 16.5. The molecule has 174 valence electrons. The summed E-state index contributed by atoms with van der Waals surface area (Å²) in [6.45, 7) is 5.67. The Bertz CT molecular complexity index is 1300. The van der Waals surface area contributed by atoms with Crippen LogP contribution in [0.15, 0.2) is 24.5 Å². The van der Waals surface area contributed by atoms with Crippen LogP contribution in [-0.4, -0.2) is 71.6 Å². The summed E-state index contributed by atoms with van der Waals surface area (Å²) in [5, 5.41) is 20.1. The maximum Gasteiger partial charge on any atom is 0.228 e. The van der Waals surface area contributed by atoms with Crippen LogP contribution in [0.3, 0.4) is 0 Å². The van der Waals surface area contributed by atoms with E-state index in [2.05, 4.69) is 37.4 Å². The molecule has 3 aromatic heterocycles. The van der Waals surface area contributed by atoms with Crippen molar-refractivity contribution < 1.29 is 14.9 Å². The molecule has 0 saturated carbocycles. The summed E-state index contributed by atoms with van der Waals surface area (Å²) in [6.07, 6.45) is 2.52. The number of nitrogens with zero attached hydrogens (tertiary/aromatic N) is 6. The molecule has 2 atom stereocenters. The van der Waals surface area contributed by atoms with Crippen LogP contribution >= 0.6 is 0 Å². The van der Waals surface area contributed by atoms with Crippen LogP contribution in [0.2, 0.25) is 0 Å². The van der Waals surface area contributed by atoms with E-state index in [1.54, 1.807) is 13.4 Å². The van der Waals surface area contributed by atoms with Gasteiger partial charge in [-0.1, -0.05) is 6.07 Å². The molecule has 3 N–H and O–H groups in total. The third kappa shape index (κ3) is 3.73. The maximum atomic E-state index is 10.5. The van der Waals surface area contributed by atoms with E-state index in [0.29, 0.717) is 37.6 Å². The first-order chi connectivity index (χ1) is 16.0. The molecule has 0 bridgehead atoms. The Morgan fingerprint density at radius 2 is 2.12 bits per heavy atom. The summed E-state index contributed by atoms with van der Waals surface area (Å²) in [6, 6.07) is 6.12. The minimum Gasteiger partial charge on any atom is -0.393 e. The molecule has 4 aromatic rings. The van der Waals surface area contributed by atoms with Crippen LogP contribution in [-0.2, 0) is 17.9 Å². The third-order valence-corrected chi connectivity index (χ3v) is 6.54. The number of nitrogens with one attached hydrogen (secondary N) is 1. The van der Waals surface area contributed by atoms with Crippen molar-refractivity contribution in [1.82, 2.24) is 29.5 Å². The zero-order chi connectivity index (χ0) is 23.2. The highest BCUT2D eigenvalue weighted by molar-refractivity contribution is 5.91. The molecule has 0 aliphatic carbocycles. The van der Waals surface area contributed by atoms with E-state index in [1.165, 1.54) is 0 Å². The quantitative estimate of drug-likeness (QED) is 0.408. The predicted octanol–water partition coefficient (Wildman–Crippen LogP) is 2.25. The molecule has 0 amide bonds. The molecule has 1 aliphatic heterocycles. The van der Waals surface area contributed by atoms with Gasteiger partial charge in [0, 0.05) is 31.8 Å². The first kappa shape index (κ1) is 21.7. The number of ether oxygens (including phenoxy) is 1. The van der Waals surface area contributed by atoms with Crippen LogP contribution in [0.25, 0.3) is 33.5 Å². The van der Waals surface area contributed by atoms with Gasteiger partial charge >= 0.3 is 0 Å². The van der Waals surface area contributed by atoms with E-state index in [4.69, 9.17) is 14.7 Å². The van der Waals surface area contributed by atoms with Crippen molar-refractivity contribution in [3.8, 4) is 11.3 Å². The van der Waals surface area contributed by atoms with Gasteiger partial charge in [0.15, 0.2) is 5.65 Å². The Morgan fingerprint density at radius 1 is 1.27 bits per heavy atom. The summed E-state index contributed by atoms with van der Waals surface area (Å²) >= 11 is 0. The van der Waals surface area contributed by atoms with Gasteiger partial charge in [0.25, 0.3) is 0 Å². The molecule has 2 unspecified atom stereocenters. The van der Waals surface area contributed by atoms with E-state index in [-0.39, 0.29) is 12.6 Å². The average molecular weight is 452 g/mol. The molecule has 5 rings (SSSR count). The number of H-pyrrole nitrogens is 1. The van der Waals surface area contributed by atoms with Crippen LogP contribution in [0.4, 0.5) is 5.95 Å². The number of fused-ring (bicyclic) bond motifs is 2. The van der Waals surface area contributed by atoms with Crippen molar-refractivity contribution in [3.63, 3.8) is 0 Å². The van der Waals surface area contributed by atoms with Crippen LogP contribution in [0, 0.1) is 0 Å². The van der Waals surface area contributed by atoms with Gasteiger partial charge in [0.1, 0.15) is 23.6 Å². The number of anilines is 1. The molecule has 33 heavy (non-hydrogen) atoms. The summed E-state index contributed by atoms with van der Waals surface area (Å²) in [5.41, 5.74) is 3.90. The van der Waals surface area contributed by atoms with Crippen molar-refractivity contribution in [1.29, 1.82) is 0 Å². The number of aromatic nitrogens is 6. The molecule has 10 heteroatoms. The van der Waals surface area contributed by atoms with Gasteiger partial charge in [0.05, 0.1) is 29.6 Å². The van der Waals surface area contributed by atoms with E-state index < -0.39 is 5.60 Å². The van der Waals surface area contributed by atoms with Gasteiger partial charge in [-0.25, -0.2) is 15.0 Å². The largest absolute Gasteiger partial charge is 0.393 e. The molecule has 1 aliphatic rings. The predicted molar refractivity (Wildman–Crippen MR) is 125 cm³/mol. The van der Waals surface area contributed by atoms with Crippen LogP contribution in [0.5, 0.6) is 0 Å². The Balaban J connectivity index is 1.59. The first-order valence-corrected chi connectivity index (χ1v) is 11.3. The fourth-order valence-electron chi connectivity index (χ4n) is 4.83. The molecule has 1 fully saturated rings. The van der Waals surface area contributed by atoms with Gasteiger partial charge in [-0.3, -0.25) is 0 Å². The zero-order valence-electron chi connectivity index (χ0n) is 19.1. The number of aromatic amines is 1. The second kappa shape index (κ2) is 8.36. The Morgan fingerprint density at radius 3 is 2.85 bits per heavy atom. The molecular weight excluding hydrogens is 422 g/mol. The Hall–Kier alpha value is -3.08. The lowest BCUT2D eigenvalue weighted by molar-refractivity contribution is -0.0406. The monoisotopic (exact) mass is 451 g/mol. The molecule has 4 heterocycles. The van der Waals surface area contributed by atoms with Gasteiger partial charge in [-0.2, -0.15) is 4.98 Å². The fourth-order valence-corrected chi connectivity index (χ4v) is 4.83. The molecule has 0 spiro atoms. The van der Waals surface area contributed by atoms with E-state index in [9.17, 15) is 10.2 Å². The summed E-state index contributed by atoms with van der Waals surface area (Å²) in [7, 11) is 1.67. The van der Waals surface area contributed by atoms with Gasteiger partial charge in [-0.05, 0) is 38.8 Å². The Labute approximate surface area is 191 Å². The van der Waals surface area contributed by atoms with Crippen molar-refractivity contribution in [3.05, 3.63) is 30.4 Å². The minimum atomic E-state index is -1.06. The Kier molecular flexibility index (Phi) is 5.51. The number of hydrogen-bond acceptors (Lipinski definition) is 8. The lowest BCUT2D eigenvalue weighted by Gasteiger charge is -2.41. The van der Waals surface area contributed by atoms with E-state index >= 15 is 0 Å². The molecule has 10 nitrogen and oxygen atoms in total. The maximum absolute atomic E-state index is 10.5. The number of hydrogen-bond donors (Lipinski definition) is 3. The van der Waals surface area contributed by atoms with E-state index in [0.717, 1.165) is 40.2 Å². The number of aryl methyl sites for hydroxylation is 1. The topological polar surface area (TPSA) is 125 Å². The summed E-state index contributed by atoms with van der Waals surface area (Å²) in [4.78, 5) is 24.0. The second-order valence-electron chi connectivity index (χ2n) is 8.76. The number of aliphatic hydroxyl groups is 2. The zero-order valence-corrected chi connectivity index (χ0v) is 19.1. The normalized spacial score (nSPS) is 21.4. The smallest absolute Gasteiger partial charge is 0.228 e. The number of benzene rings is 1. The number of aliphatic hydroxyl groups excluding tert-OH is 1. The average Bonchev–Trinajstić information content (AvgIpc) is 3.42. The standard InChI is InChI=1S/C23H29N7O3/c1-4-29-17-6-5-15(9-16(17)26-18(29)11-33-3)19-20-21(25-13-24-20)28-22(27-19)30-8-7-23(32,12-31)10-14(30)2/h5-6,9,13-14,31-32H,4,7-8,10-12H2,1-3H3,(H,24,25,27,28). The molecule has 1 aromatic carbocycles. The number of imidazole rings is 2. The summed E-state index contributed by atoms with van der Waals surface area (Å²) < 4.78 is 7.47. The van der Waals surface area contributed by atoms with Crippen molar-refractivity contribution in [2.75, 3.05) is 25.2 Å². The number of methoxy groups -OCH3 is 1. The minimum absolute atomic E-state index is 0.0283. The van der Waals surface area contributed by atoms with Gasteiger partial charge < -0.3 is 29.4 Å². The third-order valence-electron chi connectivity index (χ3n) is 6.54. The highest BCUT2D eigenvalue weighted by Crippen LogP contribution is 2.33. The highest BCUT2D eigenvalue weighted by Gasteiger charge is 2.37. The second-order valence-corrected chi connectivity index (χ2v) is 8.76. The first-order valence-electron chi connectivity index (χ1n) is 11.3. The molecular formula is C23H29N7O3. The van der Waals surface area contributed by atoms with Gasteiger partial charge in [0.2, 0.25) is 5.95 Å². The fraction of sp³-hybridized carbons (Fsp3) is 0.478. The van der Waals surface area contributed by atoms with Crippen LogP contribution in [0.1, 0.15) is 32.5 Å². The van der Waals surface area contributed by atoms with Crippen LogP contribution < -0.4 is 4.90 Å². The van der Waals surface area contributed by atoms with Gasteiger partial charge in [-0.15, -0.1) is 0 Å². The van der Waals surface area contributed by atoms with E-state index in [1.807, 2.05) is 19.1 Å². The lowest BCUT2D eigenvalue weighted by Crippen LogP contribution is -2.51. The molecule has 1 saturated heterocycles. The SMILES string of the molecule is CCn1c(COC)nc2cc(-c3nc(N4CCC(O)(CO)CC4C)nc4nc[nH]c34)ccc21. The number of piperidine rings is 1. The van der Waals surface area contributed by atoms with Crippen molar-refractivity contribution in [2.45, 2.75) is 51.5 Å². The molecule has 0 radical (unpaired) electrons. The van der Waals surface area contributed by atoms with Crippen molar-refractivity contribution >= 4 is 28.1 Å². The lowest BCUT2D eigenvalue weighted by atomic mass is 9.88. The summed E-state index contributed by atoms with van der Waals surface area (Å²) in [5.74, 6) is 1.46.